The third-order valence-corrected chi connectivity index (χ3v) is 3.75. The highest BCUT2D eigenvalue weighted by atomic mass is 35.5. The van der Waals surface area contributed by atoms with Gasteiger partial charge in [0, 0.05) is 5.02 Å². The molecule has 0 aliphatic heterocycles. The number of aryl methyl sites for hydroxylation is 2. The minimum Gasteiger partial charge on any atom is -0.307 e. The minimum atomic E-state index is -0.215. The van der Waals surface area contributed by atoms with Crippen molar-refractivity contribution in [2.45, 2.75) is 26.8 Å². The van der Waals surface area contributed by atoms with Crippen LogP contribution in [0.3, 0.4) is 0 Å². The van der Waals surface area contributed by atoms with Crippen LogP contribution in [0.5, 0.6) is 0 Å². The summed E-state index contributed by atoms with van der Waals surface area (Å²) < 4.78 is 13.6. The van der Waals surface area contributed by atoms with E-state index >= 15 is 0 Å². The molecule has 0 aromatic heterocycles. The molecule has 0 spiro atoms. The summed E-state index contributed by atoms with van der Waals surface area (Å²) in [6.07, 6.45) is 0. The zero-order valence-corrected chi connectivity index (χ0v) is 12.8. The highest BCUT2D eigenvalue weighted by molar-refractivity contribution is 6.30. The van der Waals surface area contributed by atoms with Crippen LogP contribution >= 0.6 is 11.6 Å². The van der Waals surface area contributed by atoms with Crippen LogP contribution in [-0.4, -0.2) is 6.54 Å². The lowest BCUT2D eigenvalue weighted by atomic mass is 9.92. The number of rotatable bonds is 4. The summed E-state index contributed by atoms with van der Waals surface area (Å²) >= 11 is 6.12. The number of benzene rings is 2. The molecule has 1 N–H and O–H groups in total. The summed E-state index contributed by atoms with van der Waals surface area (Å²) in [5.41, 5.74) is 4.26. The molecule has 3 heteroatoms. The third-order valence-electron chi connectivity index (χ3n) is 3.51. The normalized spacial score (nSPS) is 12.4. The minimum absolute atomic E-state index is 0.0469. The summed E-state index contributed by atoms with van der Waals surface area (Å²) in [5.74, 6) is -0.215. The maximum Gasteiger partial charge on any atom is 0.123 e. The molecule has 1 nitrogen and oxygen atoms in total. The van der Waals surface area contributed by atoms with Gasteiger partial charge in [0.1, 0.15) is 5.82 Å². The Morgan fingerprint density at radius 2 is 1.65 bits per heavy atom. The van der Waals surface area contributed by atoms with Crippen molar-refractivity contribution >= 4 is 11.6 Å². The van der Waals surface area contributed by atoms with Crippen molar-refractivity contribution in [1.29, 1.82) is 0 Å². The molecular weight excluding hydrogens is 273 g/mol. The van der Waals surface area contributed by atoms with Gasteiger partial charge < -0.3 is 5.32 Å². The topological polar surface area (TPSA) is 12.0 Å². The number of hydrogen-bond acceptors (Lipinski definition) is 1. The van der Waals surface area contributed by atoms with E-state index in [0.29, 0.717) is 5.02 Å². The summed E-state index contributed by atoms with van der Waals surface area (Å²) in [6.45, 7) is 6.89. The van der Waals surface area contributed by atoms with Gasteiger partial charge >= 0.3 is 0 Å². The first-order valence-electron chi connectivity index (χ1n) is 6.78. The Balaban J connectivity index is 2.55. The average Bonchev–Trinajstić information content (AvgIpc) is 2.42. The molecule has 2 aromatic carbocycles. The van der Waals surface area contributed by atoms with Gasteiger partial charge in [-0.25, -0.2) is 4.39 Å². The predicted molar refractivity (Wildman–Crippen MR) is 82.8 cm³/mol. The van der Waals surface area contributed by atoms with Gasteiger partial charge in [0.25, 0.3) is 0 Å². The summed E-state index contributed by atoms with van der Waals surface area (Å²) in [5, 5.41) is 4.12. The van der Waals surface area contributed by atoms with Crippen molar-refractivity contribution in [2.75, 3.05) is 6.54 Å². The van der Waals surface area contributed by atoms with Crippen LogP contribution in [0.15, 0.2) is 36.4 Å². The van der Waals surface area contributed by atoms with Crippen molar-refractivity contribution < 1.29 is 4.39 Å². The molecule has 106 valence electrons. The lowest BCUT2D eigenvalue weighted by Gasteiger charge is -2.23. The standard InChI is InChI=1S/C17H19ClFN/c1-4-20-17(15-9-13(18)7-5-11(15)2)16-10-14(19)8-6-12(16)3/h5-10,17,20H,4H2,1-3H3. The smallest absolute Gasteiger partial charge is 0.123 e. The molecule has 0 amide bonds. The van der Waals surface area contributed by atoms with Crippen molar-refractivity contribution in [3.8, 4) is 0 Å². The molecule has 20 heavy (non-hydrogen) atoms. The Morgan fingerprint density at radius 1 is 1.05 bits per heavy atom. The van der Waals surface area contributed by atoms with E-state index in [-0.39, 0.29) is 11.9 Å². The van der Waals surface area contributed by atoms with Crippen molar-refractivity contribution in [2.24, 2.45) is 0 Å². The van der Waals surface area contributed by atoms with E-state index in [1.807, 2.05) is 45.0 Å². The second kappa shape index (κ2) is 6.38. The Labute approximate surface area is 124 Å². The predicted octanol–water partition coefficient (Wildman–Crippen LogP) is 4.79. The lowest BCUT2D eigenvalue weighted by molar-refractivity contribution is 0.599. The molecule has 1 unspecified atom stereocenters. The van der Waals surface area contributed by atoms with Crippen molar-refractivity contribution in [3.05, 3.63) is 69.5 Å². The van der Waals surface area contributed by atoms with Crippen LogP contribution in [0.2, 0.25) is 5.02 Å². The van der Waals surface area contributed by atoms with Gasteiger partial charge in [0.2, 0.25) is 0 Å². The van der Waals surface area contributed by atoms with Gasteiger partial charge in [-0.05, 0) is 66.9 Å². The van der Waals surface area contributed by atoms with E-state index in [0.717, 1.165) is 28.8 Å². The molecule has 2 rings (SSSR count). The molecule has 0 saturated carbocycles. The molecule has 0 radical (unpaired) electrons. The Bertz CT molecular complexity index is 558. The Kier molecular flexibility index (Phi) is 4.79. The molecule has 0 aliphatic rings. The largest absolute Gasteiger partial charge is 0.307 e. The highest BCUT2D eigenvalue weighted by Crippen LogP contribution is 2.29. The first-order valence-corrected chi connectivity index (χ1v) is 7.16. The summed E-state index contributed by atoms with van der Waals surface area (Å²) in [6, 6.07) is 10.7. The molecule has 2 aromatic rings. The molecule has 0 saturated heterocycles. The van der Waals surface area contributed by atoms with E-state index < -0.39 is 0 Å². The van der Waals surface area contributed by atoms with Gasteiger partial charge in [0.15, 0.2) is 0 Å². The quantitative estimate of drug-likeness (QED) is 0.853. The van der Waals surface area contributed by atoms with Gasteiger partial charge in [-0.3, -0.25) is 0 Å². The second-order valence-corrected chi connectivity index (χ2v) is 5.43. The number of hydrogen-bond donors (Lipinski definition) is 1. The van der Waals surface area contributed by atoms with Crippen LogP contribution in [0, 0.1) is 19.7 Å². The third kappa shape index (κ3) is 3.20. The molecule has 0 aliphatic carbocycles. The maximum absolute atomic E-state index is 13.6. The molecule has 0 heterocycles. The van der Waals surface area contributed by atoms with Crippen LogP contribution < -0.4 is 5.32 Å². The average molecular weight is 292 g/mol. The van der Waals surface area contributed by atoms with E-state index in [1.165, 1.54) is 6.07 Å². The molecule has 0 bridgehead atoms. The number of nitrogens with one attached hydrogen (secondary N) is 1. The number of halogens is 2. The van der Waals surface area contributed by atoms with Crippen molar-refractivity contribution in [1.82, 2.24) is 5.32 Å². The molecular formula is C17H19ClFN. The fourth-order valence-corrected chi connectivity index (χ4v) is 2.62. The fraction of sp³-hybridized carbons (Fsp3) is 0.294. The Morgan fingerprint density at radius 3 is 2.30 bits per heavy atom. The van der Waals surface area contributed by atoms with E-state index in [9.17, 15) is 4.39 Å². The monoisotopic (exact) mass is 291 g/mol. The lowest BCUT2D eigenvalue weighted by Crippen LogP contribution is -2.23. The van der Waals surface area contributed by atoms with E-state index in [1.54, 1.807) is 6.07 Å². The zero-order valence-electron chi connectivity index (χ0n) is 12.0. The van der Waals surface area contributed by atoms with Gasteiger partial charge in [0.05, 0.1) is 6.04 Å². The summed E-state index contributed by atoms with van der Waals surface area (Å²) in [7, 11) is 0. The van der Waals surface area contributed by atoms with Gasteiger partial charge in [-0.1, -0.05) is 30.7 Å². The zero-order chi connectivity index (χ0) is 14.7. The van der Waals surface area contributed by atoms with Crippen LogP contribution in [0.1, 0.15) is 35.2 Å². The first-order chi connectivity index (χ1) is 9.52. The first kappa shape index (κ1) is 15.0. The second-order valence-electron chi connectivity index (χ2n) is 4.99. The van der Waals surface area contributed by atoms with Gasteiger partial charge in [-0.15, -0.1) is 0 Å². The SMILES string of the molecule is CCNC(c1cc(F)ccc1C)c1cc(Cl)ccc1C. The maximum atomic E-state index is 13.6. The van der Waals surface area contributed by atoms with Crippen LogP contribution in [0.25, 0.3) is 0 Å². The van der Waals surface area contributed by atoms with Crippen LogP contribution in [0.4, 0.5) is 4.39 Å². The molecule has 1 atom stereocenters. The van der Waals surface area contributed by atoms with Gasteiger partial charge in [-0.2, -0.15) is 0 Å². The summed E-state index contributed by atoms with van der Waals surface area (Å²) in [4.78, 5) is 0. The molecule has 0 fully saturated rings. The van der Waals surface area contributed by atoms with E-state index in [2.05, 4.69) is 5.32 Å². The van der Waals surface area contributed by atoms with E-state index in [4.69, 9.17) is 11.6 Å². The fourth-order valence-electron chi connectivity index (χ4n) is 2.44. The van der Waals surface area contributed by atoms with Crippen LogP contribution in [-0.2, 0) is 0 Å². The van der Waals surface area contributed by atoms with Crippen molar-refractivity contribution in [3.63, 3.8) is 0 Å². The Hall–Kier alpha value is -1.38. The highest BCUT2D eigenvalue weighted by Gasteiger charge is 2.18.